The predicted octanol–water partition coefficient (Wildman–Crippen LogP) is 5.73. The van der Waals surface area contributed by atoms with E-state index in [-0.39, 0.29) is 5.92 Å². The van der Waals surface area contributed by atoms with E-state index in [1.54, 1.807) is 0 Å². The summed E-state index contributed by atoms with van der Waals surface area (Å²) in [4.78, 5) is 0. The molecule has 3 nitrogen and oxygen atoms in total. The van der Waals surface area contributed by atoms with Crippen molar-refractivity contribution in [2.45, 2.75) is 36.4 Å². The van der Waals surface area contributed by atoms with Crippen molar-refractivity contribution in [3.63, 3.8) is 0 Å². The number of benzene rings is 2. The molecule has 0 aliphatic carbocycles. The molecule has 0 saturated carbocycles. The first kappa shape index (κ1) is 18.5. The number of nitrogens with zero attached hydrogens (tertiary/aromatic N) is 2. The van der Waals surface area contributed by atoms with E-state index in [1.165, 1.54) is 29.5 Å². The van der Waals surface area contributed by atoms with Gasteiger partial charge in [0.25, 0.3) is 5.22 Å². The van der Waals surface area contributed by atoms with Gasteiger partial charge < -0.3 is 4.42 Å². The van der Waals surface area contributed by atoms with E-state index in [2.05, 4.69) is 29.3 Å². The van der Waals surface area contributed by atoms with E-state index >= 15 is 0 Å². The van der Waals surface area contributed by atoms with Gasteiger partial charge >= 0.3 is 6.18 Å². The number of aromatic nitrogens is 2. The van der Waals surface area contributed by atoms with Crippen molar-refractivity contribution in [2.75, 3.05) is 0 Å². The Balaban J connectivity index is 1.55. The molecule has 1 heterocycles. The molecular formula is C19H17F3N2OS. The van der Waals surface area contributed by atoms with Crippen LogP contribution in [0, 0.1) is 0 Å². The Morgan fingerprint density at radius 2 is 1.69 bits per heavy atom. The van der Waals surface area contributed by atoms with Gasteiger partial charge in [-0.2, -0.15) is 13.2 Å². The molecule has 0 aliphatic rings. The third kappa shape index (κ3) is 4.88. The monoisotopic (exact) mass is 378 g/mol. The normalized spacial score (nSPS) is 12.9. The van der Waals surface area contributed by atoms with Crippen molar-refractivity contribution in [1.82, 2.24) is 10.2 Å². The van der Waals surface area contributed by atoms with Gasteiger partial charge in [0, 0.05) is 12.2 Å². The second-order valence-electron chi connectivity index (χ2n) is 5.96. The lowest BCUT2D eigenvalue weighted by molar-refractivity contribution is -0.137. The van der Waals surface area contributed by atoms with Crippen molar-refractivity contribution in [2.24, 2.45) is 0 Å². The van der Waals surface area contributed by atoms with Gasteiger partial charge in [0.15, 0.2) is 0 Å². The molecule has 26 heavy (non-hydrogen) atoms. The summed E-state index contributed by atoms with van der Waals surface area (Å²) < 4.78 is 43.3. The molecule has 3 rings (SSSR count). The Labute approximate surface area is 153 Å². The zero-order valence-corrected chi connectivity index (χ0v) is 14.8. The van der Waals surface area contributed by atoms with E-state index in [0.29, 0.717) is 23.3 Å². The molecular weight excluding hydrogens is 361 g/mol. The van der Waals surface area contributed by atoms with E-state index in [4.69, 9.17) is 4.42 Å². The van der Waals surface area contributed by atoms with Gasteiger partial charge in [-0.05, 0) is 29.2 Å². The summed E-state index contributed by atoms with van der Waals surface area (Å²) in [7, 11) is 0. The maximum Gasteiger partial charge on any atom is 0.416 e. The Bertz CT molecular complexity index is 832. The zero-order chi connectivity index (χ0) is 18.6. The number of hydrogen-bond donors (Lipinski definition) is 0. The summed E-state index contributed by atoms with van der Waals surface area (Å²) in [6.07, 6.45) is -3.68. The van der Waals surface area contributed by atoms with Crippen LogP contribution in [0.2, 0.25) is 0 Å². The lowest BCUT2D eigenvalue weighted by atomic mass is 9.98. The van der Waals surface area contributed by atoms with E-state index in [1.807, 2.05) is 18.2 Å². The Morgan fingerprint density at radius 1 is 1.00 bits per heavy atom. The van der Waals surface area contributed by atoms with Crippen LogP contribution in [-0.2, 0) is 18.3 Å². The first-order valence-corrected chi connectivity index (χ1v) is 9.06. The van der Waals surface area contributed by atoms with Gasteiger partial charge in [-0.1, -0.05) is 61.2 Å². The molecule has 3 aromatic rings. The van der Waals surface area contributed by atoms with Crippen molar-refractivity contribution in [1.29, 1.82) is 0 Å². The molecule has 0 radical (unpaired) electrons. The Kier molecular flexibility index (Phi) is 5.66. The standard InChI is InChI=1S/C19H17F3N2OS/c1-13(15-5-3-2-4-6-15)11-17-23-24-18(25-17)26-12-14-7-9-16(10-8-14)19(20,21)22/h2-10,13H,11-12H2,1H3. The molecule has 2 aromatic carbocycles. The molecule has 136 valence electrons. The Morgan fingerprint density at radius 3 is 2.35 bits per heavy atom. The maximum absolute atomic E-state index is 12.6. The molecule has 0 fully saturated rings. The fraction of sp³-hybridized carbons (Fsp3) is 0.263. The average Bonchev–Trinajstić information content (AvgIpc) is 3.08. The molecule has 0 N–H and O–H groups in total. The van der Waals surface area contributed by atoms with Crippen LogP contribution in [0.3, 0.4) is 0 Å². The topological polar surface area (TPSA) is 38.9 Å². The average molecular weight is 378 g/mol. The Hall–Kier alpha value is -2.28. The highest BCUT2D eigenvalue weighted by Gasteiger charge is 2.29. The molecule has 1 aromatic heterocycles. The number of halogens is 3. The lowest BCUT2D eigenvalue weighted by Crippen LogP contribution is -2.04. The summed E-state index contributed by atoms with van der Waals surface area (Å²) in [5.74, 6) is 1.27. The van der Waals surface area contributed by atoms with Crippen molar-refractivity contribution >= 4 is 11.8 Å². The lowest BCUT2D eigenvalue weighted by Gasteiger charge is -2.08. The number of alkyl halides is 3. The van der Waals surface area contributed by atoms with Crippen LogP contribution in [0.15, 0.2) is 64.2 Å². The molecule has 0 bridgehead atoms. The van der Waals surface area contributed by atoms with Crippen LogP contribution < -0.4 is 0 Å². The minimum atomic E-state index is -4.32. The van der Waals surface area contributed by atoms with Crippen LogP contribution in [-0.4, -0.2) is 10.2 Å². The zero-order valence-electron chi connectivity index (χ0n) is 14.0. The first-order chi connectivity index (χ1) is 12.4. The van der Waals surface area contributed by atoms with E-state index in [9.17, 15) is 13.2 Å². The predicted molar refractivity (Wildman–Crippen MR) is 93.9 cm³/mol. The van der Waals surface area contributed by atoms with Gasteiger partial charge in [-0.15, -0.1) is 10.2 Å². The quantitative estimate of drug-likeness (QED) is 0.514. The highest BCUT2D eigenvalue weighted by molar-refractivity contribution is 7.98. The van der Waals surface area contributed by atoms with Gasteiger partial charge in [-0.3, -0.25) is 0 Å². The third-order valence-electron chi connectivity index (χ3n) is 3.94. The summed E-state index contributed by atoms with van der Waals surface area (Å²) in [6.45, 7) is 2.09. The second kappa shape index (κ2) is 7.95. The van der Waals surface area contributed by atoms with E-state index in [0.717, 1.165) is 17.7 Å². The molecule has 1 unspecified atom stereocenters. The highest BCUT2D eigenvalue weighted by Crippen LogP contribution is 2.30. The number of rotatable bonds is 6. The minimum absolute atomic E-state index is 0.254. The fourth-order valence-electron chi connectivity index (χ4n) is 2.48. The summed E-state index contributed by atoms with van der Waals surface area (Å²) >= 11 is 1.31. The van der Waals surface area contributed by atoms with Crippen LogP contribution in [0.25, 0.3) is 0 Å². The maximum atomic E-state index is 12.6. The number of thioether (sulfide) groups is 1. The van der Waals surface area contributed by atoms with Crippen LogP contribution in [0.1, 0.15) is 35.4 Å². The summed E-state index contributed by atoms with van der Waals surface area (Å²) in [6, 6.07) is 15.2. The molecule has 1 atom stereocenters. The van der Waals surface area contributed by atoms with Crippen LogP contribution in [0.5, 0.6) is 0 Å². The summed E-state index contributed by atoms with van der Waals surface area (Å²) in [5, 5.41) is 8.47. The molecule has 0 saturated heterocycles. The van der Waals surface area contributed by atoms with Crippen molar-refractivity contribution in [3.8, 4) is 0 Å². The molecule has 0 amide bonds. The first-order valence-electron chi connectivity index (χ1n) is 8.08. The smallest absolute Gasteiger partial charge is 0.416 e. The van der Waals surface area contributed by atoms with Crippen LogP contribution in [0.4, 0.5) is 13.2 Å². The van der Waals surface area contributed by atoms with Crippen molar-refractivity contribution < 1.29 is 17.6 Å². The molecule has 0 spiro atoms. The minimum Gasteiger partial charge on any atom is -0.416 e. The SMILES string of the molecule is CC(Cc1nnc(SCc2ccc(C(F)(F)F)cc2)o1)c1ccccc1. The van der Waals surface area contributed by atoms with Crippen LogP contribution >= 0.6 is 11.8 Å². The van der Waals surface area contributed by atoms with Crippen molar-refractivity contribution in [3.05, 3.63) is 77.2 Å². The number of hydrogen-bond acceptors (Lipinski definition) is 4. The van der Waals surface area contributed by atoms with Gasteiger partial charge in [0.05, 0.1) is 5.56 Å². The fourth-order valence-corrected chi connectivity index (χ4v) is 3.21. The third-order valence-corrected chi connectivity index (χ3v) is 4.83. The largest absolute Gasteiger partial charge is 0.416 e. The highest BCUT2D eigenvalue weighted by atomic mass is 32.2. The molecule has 7 heteroatoms. The second-order valence-corrected chi connectivity index (χ2v) is 6.89. The summed E-state index contributed by atoms with van der Waals surface area (Å²) in [5.41, 5.74) is 1.31. The van der Waals surface area contributed by atoms with Gasteiger partial charge in [-0.25, -0.2) is 0 Å². The van der Waals surface area contributed by atoms with Gasteiger partial charge in [0.1, 0.15) is 0 Å². The molecule has 0 aliphatic heterocycles. The van der Waals surface area contributed by atoms with Gasteiger partial charge in [0.2, 0.25) is 5.89 Å². The van der Waals surface area contributed by atoms with E-state index < -0.39 is 11.7 Å².